The molecule has 5 rings (SSSR count). The molecule has 0 radical (unpaired) electrons. The zero-order chi connectivity index (χ0) is 18.4. The highest BCUT2D eigenvalue weighted by molar-refractivity contribution is 5.85. The average molecular weight is 397 g/mol. The molecule has 1 aliphatic rings. The molecule has 142 valence electrons. The lowest BCUT2D eigenvalue weighted by Crippen LogP contribution is -2.35. The molecule has 9 nitrogen and oxygen atoms in total. The third-order valence-electron chi connectivity index (χ3n) is 4.98. The largest absolute Gasteiger partial charge is 0.328 e. The van der Waals surface area contributed by atoms with Gasteiger partial charge in [-0.05, 0) is 31.5 Å². The zero-order valence-electron chi connectivity index (χ0n) is 14.8. The van der Waals surface area contributed by atoms with Gasteiger partial charge in [0, 0.05) is 12.7 Å². The van der Waals surface area contributed by atoms with Crippen LogP contribution in [0.1, 0.15) is 24.4 Å². The molecule has 5 heterocycles. The fraction of sp³-hybridized carbons (Fsp3) is 0.278. The number of aromatic nitrogens is 6. The third-order valence-corrected chi connectivity index (χ3v) is 4.98. The number of H-pyrrole nitrogens is 1. The van der Waals surface area contributed by atoms with Crippen LogP contribution in [0.4, 0.5) is 0 Å². The Bertz CT molecular complexity index is 1260. The van der Waals surface area contributed by atoms with Crippen molar-refractivity contribution in [2.75, 3.05) is 13.1 Å². The number of piperidine rings is 1. The van der Waals surface area contributed by atoms with E-state index in [1.165, 1.54) is 0 Å². The van der Waals surface area contributed by atoms with Crippen LogP contribution in [0.5, 0.6) is 0 Å². The van der Waals surface area contributed by atoms with Gasteiger partial charge in [-0.1, -0.05) is 0 Å². The first-order valence-corrected chi connectivity index (χ1v) is 8.80. The summed E-state index contributed by atoms with van der Waals surface area (Å²) >= 11 is 0. The molecule has 1 aliphatic heterocycles. The van der Waals surface area contributed by atoms with E-state index in [2.05, 4.69) is 31.4 Å². The molecule has 4 aromatic heterocycles. The van der Waals surface area contributed by atoms with E-state index in [1.807, 2.05) is 0 Å². The Hall–Kier alpha value is -3.22. The van der Waals surface area contributed by atoms with Gasteiger partial charge in [0.15, 0.2) is 11.5 Å². The molecule has 0 spiro atoms. The highest BCUT2D eigenvalue weighted by Gasteiger charge is 2.21. The van der Waals surface area contributed by atoms with Crippen molar-refractivity contribution in [3.05, 3.63) is 46.8 Å². The number of hydrogen-bond donors (Lipinski definition) is 2. The average Bonchev–Trinajstić information content (AvgIpc) is 3.27. The second-order valence-electron chi connectivity index (χ2n) is 6.65. The number of nitriles is 1. The molecule has 0 aromatic carbocycles. The standard InChI is InChI=1S/C18H16N8O.ClH/c19-7-11-3-5-25-15(6-11)13(9-22-25)16-21-10-14-17(24-16)26(18(27)23-14)12-2-1-4-20-8-12;/h3,5-6,9-10,12,20H,1-2,4,8H2,(H,23,27);1H/t12-;/m1./s1. The van der Waals surface area contributed by atoms with E-state index in [1.54, 1.807) is 39.8 Å². The quantitative estimate of drug-likeness (QED) is 0.532. The van der Waals surface area contributed by atoms with Crippen LogP contribution in [-0.2, 0) is 0 Å². The predicted molar refractivity (Wildman–Crippen MR) is 105 cm³/mol. The number of pyridine rings is 1. The van der Waals surface area contributed by atoms with E-state index in [-0.39, 0.29) is 24.1 Å². The Labute approximate surface area is 165 Å². The molecule has 1 fully saturated rings. The SMILES string of the molecule is Cl.N#Cc1ccn2ncc(-c3ncc4[nH]c(=O)n([C@@H]5CCCNC5)c4n3)c2c1. The van der Waals surface area contributed by atoms with Gasteiger partial charge in [-0.3, -0.25) is 4.57 Å². The monoisotopic (exact) mass is 396 g/mol. The van der Waals surface area contributed by atoms with Crippen molar-refractivity contribution in [3.8, 4) is 17.5 Å². The number of hydrogen-bond acceptors (Lipinski definition) is 6. The maximum Gasteiger partial charge on any atom is 0.328 e. The van der Waals surface area contributed by atoms with Gasteiger partial charge in [0.1, 0.15) is 5.52 Å². The topological polar surface area (TPSA) is 117 Å². The van der Waals surface area contributed by atoms with Crippen molar-refractivity contribution < 1.29 is 0 Å². The van der Waals surface area contributed by atoms with E-state index < -0.39 is 0 Å². The van der Waals surface area contributed by atoms with E-state index in [4.69, 9.17) is 5.26 Å². The Morgan fingerprint density at radius 1 is 1.32 bits per heavy atom. The van der Waals surface area contributed by atoms with Crippen molar-refractivity contribution in [1.29, 1.82) is 5.26 Å². The number of halogens is 1. The maximum atomic E-state index is 12.5. The molecule has 0 saturated carbocycles. The molecular weight excluding hydrogens is 380 g/mol. The van der Waals surface area contributed by atoms with Crippen LogP contribution in [0, 0.1) is 11.3 Å². The molecule has 4 aromatic rings. The molecule has 1 atom stereocenters. The van der Waals surface area contributed by atoms with Crippen LogP contribution in [0.3, 0.4) is 0 Å². The minimum absolute atomic E-state index is 0. The minimum Gasteiger partial charge on any atom is -0.315 e. The van der Waals surface area contributed by atoms with Gasteiger partial charge in [0.25, 0.3) is 0 Å². The van der Waals surface area contributed by atoms with Gasteiger partial charge in [-0.25, -0.2) is 19.3 Å². The van der Waals surface area contributed by atoms with E-state index in [0.717, 1.165) is 37.0 Å². The summed E-state index contributed by atoms with van der Waals surface area (Å²) in [4.78, 5) is 24.4. The van der Waals surface area contributed by atoms with E-state index in [0.29, 0.717) is 22.6 Å². The lowest BCUT2D eigenvalue weighted by Gasteiger charge is -2.23. The molecule has 1 saturated heterocycles. The first-order chi connectivity index (χ1) is 13.2. The molecule has 2 N–H and O–H groups in total. The summed E-state index contributed by atoms with van der Waals surface area (Å²) in [5.41, 5.74) is 3.04. The van der Waals surface area contributed by atoms with E-state index in [9.17, 15) is 4.79 Å². The van der Waals surface area contributed by atoms with Gasteiger partial charge < -0.3 is 10.3 Å². The minimum atomic E-state index is -0.170. The van der Waals surface area contributed by atoms with Crippen LogP contribution in [0.2, 0.25) is 0 Å². The molecule has 0 aliphatic carbocycles. The summed E-state index contributed by atoms with van der Waals surface area (Å²) in [6.07, 6.45) is 6.99. The lowest BCUT2D eigenvalue weighted by atomic mass is 10.1. The van der Waals surface area contributed by atoms with Crippen molar-refractivity contribution in [1.82, 2.24) is 34.4 Å². The van der Waals surface area contributed by atoms with Crippen LogP contribution >= 0.6 is 12.4 Å². The first-order valence-electron chi connectivity index (χ1n) is 8.80. The Kier molecular flexibility index (Phi) is 4.58. The highest BCUT2D eigenvalue weighted by Crippen LogP contribution is 2.25. The van der Waals surface area contributed by atoms with Gasteiger partial charge in [-0.15, -0.1) is 12.4 Å². The predicted octanol–water partition coefficient (Wildman–Crippen LogP) is 1.65. The fourth-order valence-electron chi connectivity index (χ4n) is 3.66. The molecule has 0 bridgehead atoms. The normalized spacial score (nSPS) is 16.8. The summed E-state index contributed by atoms with van der Waals surface area (Å²) in [7, 11) is 0. The molecule has 0 unspecified atom stereocenters. The maximum absolute atomic E-state index is 12.5. The smallest absolute Gasteiger partial charge is 0.315 e. The summed E-state index contributed by atoms with van der Waals surface area (Å²) in [5.74, 6) is 0.476. The Balaban J connectivity index is 0.00000192. The van der Waals surface area contributed by atoms with E-state index >= 15 is 0 Å². The number of rotatable bonds is 2. The summed E-state index contributed by atoms with van der Waals surface area (Å²) in [6.45, 7) is 1.71. The molecular formula is C18H17ClN8O. The molecule has 10 heteroatoms. The zero-order valence-corrected chi connectivity index (χ0v) is 15.6. The Morgan fingerprint density at radius 3 is 3.00 bits per heavy atom. The van der Waals surface area contributed by atoms with Crippen LogP contribution in [0.15, 0.2) is 35.5 Å². The van der Waals surface area contributed by atoms with Gasteiger partial charge >= 0.3 is 5.69 Å². The van der Waals surface area contributed by atoms with Gasteiger partial charge in [0.2, 0.25) is 0 Å². The summed E-state index contributed by atoms with van der Waals surface area (Å²) < 4.78 is 3.40. The molecule has 28 heavy (non-hydrogen) atoms. The van der Waals surface area contributed by atoms with Crippen LogP contribution < -0.4 is 11.0 Å². The van der Waals surface area contributed by atoms with Crippen molar-refractivity contribution >= 4 is 29.1 Å². The highest BCUT2D eigenvalue weighted by atomic mass is 35.5. The van der Waals surface area contributed by atoms with Crippen LogP contribution in [0.25, 0.3) is 28.1 Å². The van der Waals surface area contributed by atoms with Gasteiger partial charge in [0.05, 0.1) is 41.1 Å². The third kappa shape index (κ3) is 2.83. The number of fused-ring (bicyclic) bond motifs is 2. The first kappa shape index (κ1) is 18.2. The molecule has 0 amide bonds. The fourth-order valence-corrected chi connectivity index (χ4v) is 3.66. The lowest BCUT2D eigenvalue weighted by molar-refractivity contribution is 0.370. The second-order valence-corrected chi connectivity index (χ2v) is 6.65. The summed E-state index contributed by atoms with van der Waals surface area (Å²) in [6, 6.07) is 5.66. The van der Waals surface area contributed by atoms with Crippen molar-refractivity contribution in [3.63, 3.8) is 0 Å². The van der Waals surface area contributed by atoms with Crippen LogP contribution in [-0.4, -0.2) is 42.2 Å². The van der Waals surface area contributed by atoms with Crippen molar-refractivity contribution in [2.24, 2.45) is 0 Å². The number of imidazole rings is 1. The van der Waals surface area contributed by atoms with Crippen molar-refractivity contribution in [2.45, 2.75) is 18.9 Å². The second kappa shape index (κ2) is 7.07. The number of nitrogens with one attached hydrogen (secondary N) is 2. The number of nitrogens with zero attached hydrogens (tertiary/aromatic N) is 6. The summed E-state index contributed by atoms with van der Waals surface area (Å²) in [5, 5.41) is 16.8. The number of aromatic amines is 1. The Morgan fingerprint density at radius 2 is 2.21 bits per heavy atom. The van der Waals surface area contributed by atoms with Gasteiger partial charge in [-0.2, -0.15) is 10.4 Å².